The van der Waals surface area contributed by atoms with Crippen LogP contribution in [0.15, 0.2) is 12.2 Å². The molecule has 2 unspecified atom stereocenters. The molecule has 0 saturated heterocycles. The number of quaternary nitrogens is 1. The lowest BCUT2D eigenvalue weighted by Gasteiger charge is -2.31. The van der Waals surface area contributed by atoms with Gasteiger partial charge < -0.3 is 23.8 Å². The average Bonchev–Trinajstić information content (AvgIpc) is 3.17. The van der Waals surface area contributed by atoms with Gasteiger partial charge in [-0.3, -0.25) is 9.59 Å². The maximum Gasteiger partial charge on any atom is 0.362 e. The molecule has 0 spiro atoms. The van der Waals surface area contributed by atoms with E-state index in [-0.39, 0.29) is 36.2 Å². The Labute approximate surface area is 352 Å². The second kappa shape index (κ2) is 40.8. The van der Waals surface area contributed by atoms with E-state index in [0.29, 0.717) is 19.3 Å². The molecule has 2 atom stereocenters. The summed E-state index contributed by atoms with van der Waals surface area (Å²) in [6, 6.07) is -0.611. The number of hydrogen-bond acceptors (Lipinski definition) is 6. The van der Waals surface area contributed by atoms with Crippen molar-refractivity contribution in [1.29, 1.82) is 0 Å². The number of carbonyl (C=O) groups excluding carboxylic acids is 2. The molecule has 0 aromatic rings. The van der Waals surface area contributed by atoms with E-state index in [1.54, 1.807) is 0 Å². The van der Waals surface area contributed by atoms with Gasteiger partial charge in [-0.25, -0.2) is 4.79 Å². The van der Waals surface area contributed by atoms with Gasteiger partial charge in [0.15, 0.2) is 12.1 Å². The third-order valence-electron chi connectivity index (χ3n) is 11.2. The van der Waals surface area contributed by atoms with Crippen LogP contribution < -0.4 is 0 Å². The number of hydrogen-bond donors (Lipinski definition) is 1. The van der Waals surface area contributed by atoms with Crippen molar-refractivity contribution in [3.8, 4) is 0 Å². The zero-order chi connectivity index (χ0) is 42.1. The second-order valence-electron chi connectivity index (χ2n) is 17.7. The molecule has 0 rings (SSSR count). The van der Waals surface area contributed by atoms with Crippen molar-refractivity contribution >= 4 is 17.9 Å². The normalized spacial score (nSPS) is 12.9. The van der Waals surface area contributed by atoms with Crippen LogP contribution in [0, 0.1) is 0 Å². The molecule has 336 valence electrons. The highest BCUT2D eigenvalue weighted by Crippen LogP contribution is 2.16. The molecule has 57 heavy (non-hydrogen) atoms. The summed E-state index contributed by atoms with van der Waals surface area (Å²) in [4.78, 5) is 37.0. The Morgan fingerprint density at radius 1 is 0.509 bits per heavy atom. The minimum Gasteiger partial charge on any atom is -0.477 e. The number of likely N-dealkylation sites (N-methyl/N-ethyl adjacent to an activating group) is 1. The first kappa shape index (κ1) is 55.1. The molecule has 0 aromatic carbocycles. The van der Waals surface area contributed by atoms with Crippen LogP contribution in [0.1, 0.15) is 232 Å². The number of esters is 2. The number of allylic oxidation sites excluding steroid dienone is 2. The van der Waals surface area contributed by atoms with Gasteiger partial charge in [-0.05, 0) is 38.5 Å². The van der Waals surface area contributed by atoms with Crippen molar-refractivity contribution in [2.45, 2.75) is 244 Å². The lowest BCUT2D eigenvalue weighted by Crippen LogP contribution is -2.50. The van der Waals surface area contributed by atoms with Gasteiger partial charge in [-0.2, -0.15) is 0 Å². The third kappa shape index (κ3) is 39.3. The number of carbonyl (C=O) groups is 3. The number of ether oxygens (including phenoxy) is 3. The van der Waals surface area contributed by atoms with Gasteiger partial charge in [0.25, 0.3) is 0 Å². The summed E-state index contributed by atoms with van der Waals surface area (Å²) in [5.41, 5.74) is 0. The zero-order valence-corrected chi connectivity index (χ0v) is 38.3. The van der Waals surface area contributed by atoms with Crippen LogP contribution in [0.5, 0.6) is 0 Å². The summed E-state index contributed by atoms with van der Waals surface area (Å²) in [5.74, 6) is -1.46. The smallest absolute Gasteiger partial charge is 0.362 e. The van der Waals surface area contributed by atoms with Gasteiger partial charge in [0.05, 0.1) is 34.4 Å². The van der Waals surface area contributed by atoms with E-state index < -0.39 is 18.1 Å². The molecule has 0 aliphatic heterocycles. The standard InChI is InChI=1S/C49H93NO7/c1-6-8-10-12-14-16-18-20-21-22-23-24-25-26-28-29-31-33-35-37-39-47(51)56-44-45(43-55-42-41-46(49(53)54)50(3,4)5)57-48(52)40-38-36-34-32-30-27-19-17-15-13-11-9-7-2/h23-24,45-46H,6-22,25-44H2,1-5H3/p+1/b24-23+. The molecule has 0 fully saturated rings. The Balaban J connectivity index is 4.22. The first-order chi connectivity index (χ1) is 27.6. The summed E-state index contributed by atoms with van der Waals surface area (Å²) in [7, 11) is 5.54. The predicted molar refractivity (Wildman–Crippen MR) is 239 cm³/mol. The van der Waals surface area contributed by atoms with Crippen molar-refractivity contribution in [3.63, 3.8) is 0 Å². The van der Waals surface area contributed by atoms with Crippen LogP contribution in [-0.4, -0.2) is 80.6 Å². The van der Waals surface area contributed by atoms with Crippen LogP contribution in [0.2, 0.25) is 0 Å². The molecular formula is C49H94NO7+. The summed E-state index contributed by atoms with van der Waals surface area (Å²) < 4.78 is 17.3. The lowest BCUT2D eigenvalue weighted by atomic mass is 10.0. The Morgan fingerprint density at radius 3 is 1.26 bits per heavy atom. The SMILES string of the molecule is CCCCCCCCCCC/C=C/CCCCCCCCCC(=O)OCC(COCCC(C(=O)O)[N+](C)(C)C)OC(=O)CCCCCCCCCCCCCCC. The fourth-order valence-corrected chi connectivity index (χ4v) is 7.38. The van der Waals surface area contributed by atoms with Crippen LogP contribution >= 0.6 is 0 Å². The van der Waals surface area contributed by atoms with Gasteiger partial charge in [-0.1, -0.05) is 187 Å². The molecule has 0 aromatic heterocycles. The fraction of sp³-hybridized carbons (Fsp3) is 0.898. The predicted octanol–water partition coefficient (Wildman–Crippen LogP) is 13.5. The molecule has 0 bridgehead atoms. The molecule has 0 radical (unpaired) electrons. The number of rotatable bonds is 44. The molecule has 0 saturated carbocycles. The topological polar surface area (TPSA) is 99.1 Å². The number of carboxylic acid groups (broad SMARTS) is 1. The summed E-state index contributed by atoms with van der Waals surface area (Å²) in [5, 5.41) is 9.63. The largest absolute Gasteiger partial charge is 0.477 e. The van der Waals surface area contributed by atoms with E-state index in [9.17, 15) is 19.5 Å². The highest BCUT2D eigenvalue weighted by molar-refractivity contribution is 5.72. The summed E-state index contributed by atoms with van der Waals surface area (Å²) >= 11 is 0. The average molecular weight is 809 g/mol. The highest BCUT2D eigenvalue weighted by atomic mass is 16.6. The Hall–Kier alpha value is -1.93. The Morgan fingerprint density at radius 2 is 0.877 bits per heavy atom. The van der Waals surface area contributed by atoms with Crippen molar-refractivity contribution in [3.05, 3.63) is 12.2 Å². The maximum atomic E-state index is 12.7. The molecule has 8 heteroatoms. The first-order valence-corrected chi connectivity index (χ1v) is 24.2. The Bertz CT molecular complexity index is 947. The van der Waals surface area contributed by atoms with E-state index in [2.05, 4.69) is 26.0 Å². The zero-order valence-electron chi connectivity index (χ0n) is 38.3. The van der Waals surface area contributed by atoms with Gasteiger partial charge in [0, 0.05) is 19.3 Å². The number of carboxylic acids is 1. The number of nitrogens with zero attached hydrogens (tertiary/aromatic N) is 1. The third-order valence-corrected chi connectivity index (χ3v) is 11.2. The van der Waals surface area contributed by atoms with Crippen molar-refractivity contribution in [2.75, 3.05) is 41.0 Å². The minimum atomic E-state index is -0.872. The molecule has 0 amide bonds. The van der Waals surface area contributed by atoms with Gasteiger partial charge >= 0.3 is 17.9 Å². The van der Waals surface area contributed by atoms with E-state index in [1.807, 2.05) is 21.1 Å². The van der Waals surface area contributed by atoms with Crippen LogP contribution in [0.25, 0.3) is 0 Å². The quantitative estimate of drug-likeness (QED) is 0.0283. The molecule has 0 heterocycles. The maximum absolute atomic E-state index is 12.7. The highest BCUT2D eigenvalue weighted by Gasteiger charge is 2.31. The van der Waals surface area contributed by atoms with E-state index in [4.69, 9.17) is 14.2 Å². The van der Waals surface area contributed by atoms with Crippen molar-refractivity contribution in [1.82, 2.24) is 0 Å². The monoisotopic (exact) mass is 809 g/mol. The Kier molecular flexibility index (Phi) is 39.4. The van der Waals surface area contributed by atoms with Crippen LogP contribution in [0.4, 0.5) is 0 Å². The van der Waals surface area contributed by atoms with Gasteiger partial charge in [-0.15, -0.1) is 0 Å². The summed E-state index contributed by atoms with van der Waals surface area (Å²) in [6.07, 6.45) is 44.0. The fourth-order valence-electron chi connectivity index (χ4n) is 7.38. The second-order valence-corrected chi connectivity index (χ2v) is 17.7. The van der Waals surface area contributed by atoms with E-state index in [0.717, 1.165) is 38.5 Å². The molecule has 0 aliphatic carbocycles. The minimum absolute atomic E-state index is 0.0471. The van der Waals surface area contributed by atoms with Gasteiger partial charge in [0.2, 0.25) is 0 Å². The first-order valence-electron chi connectivity index (χ1n) is 24.2. The molecule has 8 nitrogen and oxygen atoms in total. The van der Waals surface area contributed by atoms with Crippen molar-refractivity contribution < 1.29 is 38.2 Å². The lowest BCUT2D eigenvalue weighted by molar-refractivity contribution is -0.887. The van der Waals surface area contributed by atoms with Gasteiger partial charge in [0.1, 0.15) is 6.61 Å². The number of aliphatic carboxylic acids is 1. The molecular weight excluding hydrogens is 715 g/mol. The van der Waals surface area contributed by atoms with Crippen LogP contribution in [-0.2, 0) is 28.6 Å². The molecule has 1 N–H and O–H groups in total. The van der Waals surface area contributed by atoms with E-state index >= 15 is 0 Å². The van der Waals surface area contributed by atoms with E-state index in [1.165, 1.54) is 161 Å². The van der Waals surface area contributed by atoms with Crippen molar-refractivity contribution in [2.24, 2.45) is 0 Å². The van der Waals surface area contributed by atoms with Crippen LogP contribution in [0.3, 0.4) is 0 Å². The molecule has 0 aliphatic rings. The number of unbranched alkanes of at least 4 members (excludes halogenated alkanes) is 28. The summed E-state index contributed by atoms with van der Waals surface area (Å²) in [6.45, 7) is 4.76.